The fourth-order valence-corrected chi connectivity index (χ4v) is 3.93. The molecule has 116 valence electrons. The number of piperidine rings is 1. The van der Waals surface area contributed by atoms with Crippen LogP contribution < -0.4 is 10.6 Å². The van der Waals surface area contributed by atoms with Crippen molar-refractivity contribution in [2.45, 2.75) is 24.5 Å². The first-order valence-corrected chi connectivity index (χ1v) is 8.63. The number of sulfone groups is 1. The van der Waals surface area contributed by atoms with Crippen LogP contribution in [0.5, 0.6) is 0 Å². The number of halogens is 1. The number of hydrogen-bond acceptors (Lipinski definition) is 4. The molecule has 1 aliphatic heterocycles. The minimum absolute atomic E-state index is 0.234. The summed E-state index contributed by atoms with van der Waals surface area (Å²) in [4.78, 5) is 12.6. The summed E-state index contributed by atoms with van der Waals surface area (Å²) in [5.41, 5.74) is 0.990. The molecule has 1 amide bonds. The number of benzene rings is 1. The molecule has 1 saturated heterocycles. The lowest BCUT2D eigenvalue weighted by atomic mass is 9.95. The van der Waals surface area contributed by atoms with E-state index < -0.39 is 26.3 Å². The van der Waals surface area contributed by atoms with Crippen molar-refractivity contribution in [3.63, 3.8) is 0 Å². The summed E-state index contributed by atoms with van der Waals surface area (Å²) in [6.07, 6.45) is 1.56. The number of nitrogens with one attached hydrogen (secondary N) is 2. The van der Waals surface area contributed by atoms with Crippen molar-refractivity contribution < 1.29 is 17.6 Å². The maximum atomic E-state index is 13.1. The van der Waals surface area contributed by atoms with Gasteiger partial charge in [-0.3, -0.25) is 4.79 Å². The summed E-state index contributed by atoms with van der Waals surface area (Å²) in [7, 11) is -3.55. The van der Waals surface area contributed by atoms with E-state index in [1.807, 2.05) is 0 Å². The number of hydrogen-bond donors (Lipinski definition) is 2. The van der Waals surface area contributed by atoms with Crippen molar-refractivity contribution in [1.82, 2.24) is 5.32 Å². The van der Waals surface area contributed by atoms with Crippen LogP contribution in [0.15, 0.2) is 18.2 Å². The second kappa shape index (κ2) is 5.73. The summed E-state index contributed by atoms with van der Waals surface area (Å²) in [6, 6.07) is 3.98. The van der Waals surface area contributed by atoms with Crippen LogP contribution in [0, 0.1) is 12.7 Å². The molecule has 1 heterocycles. The van der Waals surface area contributed by atoms with Crippen molar-refractivity contribution in [3.8, 4) is 0 Å². The van der Waals surface area contributed by atoms with E-state index in [0.717, 1.165) is 6.26 Å². The first kappa shape index (κ1) is 15.9. The first-order chi connectivity index (χ1) is 9.76. The Morgan fingerprint density at radius 2 is 1.95 bits per heavy atom. The van der Waals surface area contributed by atoms with Gasteiger partial charge in [-0.15, -0.1) is 0 Å². The molecule has 0 aromatic heterocycles. The van der Waals surface area contributed by atoms with Gasteiger partial charge in [0, 0.05) is 11.9 Å². The Hall–Kier alpha value is -1.47. The molecule has 0 unspecified atom stereocenters. The van der Waals surface area contributed by atoms with Crippen LogP contribution in [-0.4, -0.2) is 38.4 Å². The number of amides is 1. The smallest absolute Gasteiger partial charge is 0.245 e. The van der Waals surface area contributed by atoms with Crippen molar-refractivity contribution in [2.75, 3.05) is 24.7 Å². The van der Waals surface area contributed by atoms with Crippen molar-refractivity contribution >= 4 is 21.4 Å². The Morgan fingerprint density at radius 3 is 2.48 bits per heavy atom. The van der Waals surface area contributed by atoms with Crippen LogP contribution in [0.3, 0.4) is 0 Å². The third kappa shape index (κ3) is 3.08. The van der Waals surface area contributed by atoms with Gasteiger partial charge in [-0.1, -0.05) is 0 Å². The molecule has 1 aliphatic rings. The quantitative estimate of drug-likeness (QED) is 0.880. The van der Waals surface area contributed by atoms with E-state index in [2.05, 4.69) is 10.6 Å². The van der Waals surface area contributed by atoms with Crippen LogP contribution in [-0.2, 0) is 14.6 Å². The number of anilines is 1. The van der Waals surface area contributed by atoms with E-state index in [-0.39, 0.29) is 12.8 Å². The fourth-order valence-electron chi connectivity index (χ4n) is 2.60. The van der Waals surface area contributed by atoms with Gasteiger partial charge in [-0.05, 0) is 56.6 Å². The van der Waals surface area contributed by atoms with E-state index in [1.54, 1.807) is 6.92 Å². The molecule has 0 bridgehead atoms. The molecule has 0 radical (unpaired) electrons. The van der Waals surface area contributed by atoms with Crippen molar-refractivity contribution in [1.29, 1.82) is 0 Å². The zero-order valence-corrected chi connectivity index (χ0v) is 12.9. The van der Waals surface area contributed by atoms with Gasteiger partial charge in [0.05, 0.1) is 0 Å². The topological polar surface area (TPSA) is 75.3 Å². The predicted octanol–water partition coefficient (Wildman–Crippen LogP) is 1.24. The third-order valence-corrected chi connectivity index (χ3v) is 5.98. The molecule has 1 aromatic rings. The van der Waals surface area contributed by atoms with Gasteiger partial charge < -0.3 is 10.6 Å². The molecule has 0 saturated carbocycles. The summed E-state index contributed by atoms with van der Waals surface area (Å²) < 4.78 is 35.9. The summed E-state index contributed by atoms with van der Waals surface area (Å²) >= 11 is 0. The van der Waals surface area contributed by atoms with Crippen LogP contribution in [0.1, 0.15) is 18.4 Å². The van der Waals surface area contributed by atoms with E-state index >= 15 is 0 Å². The summed E-state index contributed by atoms with van der Waals surface area (Å²) in [5.74, 6) is -0.939. The Morgan fingerprint density at radius 1 is 1.33 bits per heavy atom. The molecule has 2 N–H and O–H groups in total. The minimum atomic E-state index is -3.55. The molecule has 1 fully saturated rings. The SMILES string of the molecule is Cc1cc(F)ccc1NC(=O)C1(S(C)(=O)=O)CCNCC1. The fraction of sp³-hybridized carbons (Fsp3) is 0.500. The predicted molar refractivity (Wildman–Crippen MR) is 79.4 cm³/mol. The van der Waals surface area contributed by atoms with Gasteiger partial charge >= 0.3 is 0 Å². The van der Waals surface area contributed by atoms with Gasteiger partial charge in [0.25, 0.3) is 0 Å². The lowest BCUT2D eigenvalue weighted by Gasteiger charge is -2.34. The van der Waals surface area contributed by atoms with E-state index in [1.165, 1.54) is 18.2 Å². The van der Waals surface area contributed by atoms with Gasteiger partial charge in [0.1, 0.15) is 5.82 Å². The summed E-state index contributed by atoms with van der Waals surface area (Å²) in [6.45, 7) is 2.61. The average molecular weight is 314 g/mol. The molecule has 5 nitrogen and oxygen atoms in total. The second-order valence-electron chi connectivity index (χ2n) is 5.43. The largest absolute Gasteiger partial charge is 0.324 e. The number of aryl methyl sites for hydroxylation is 1. The molecule has 0 spiro atoms. The van der Waals surface area contributed by atoms with E-state index in [0.29, 0.717) is 24.3 Å². The zero-order chi connectivity index (χ0) is 15.7. The molecule has 0 atom stereocenters. The van der Waals surface area contributed by atoms with Crippen molar-refractivity contribution in [2.24, 2.45) is 0 Å². The van der Waals surface area contributed by atoms with Crippen LogP contribution in [0.25, 0.3) is 0 Å². The average Bonchev–Trinajstić information content (AvgIpc) is 2.41. The normalized spacial score (nSPS) is 18.2. The zero-order valence-electron chi connectivity index (χ0n) is 12.1. The highest BCUT2D eigenvalue weighted by atomic mass is 32.2. The van der Waals surface area contributed by atoms with E-state index in [9.17, 15) is 17.6 Å². The van der Waals surface area contributed by atoms with Gasteiger partial charge in [-0.2, -0.15) is 0 Å². The molecular formula is C14H19FN2O3S. The maximum Gasteiger partial charge on any atom is 0.245 e. The molecule has 0 aliphatic carbocycles. The Kier molecular flexibility index (Phi) is 4.34. The minimum Gasteiger partial charge on any atom is -0.324 e. The van der Waals surface area contributed by atoms with Gasteiger partial charge in [0.15, 0.2) is 14.6 Å². The highest BCUT2D eigenvalue weighted by Gasteiger charge is 2.48. The van der Waals surface area contributed by atoms with Crippen LogP contribution in [0.4, 0.5) is 10.1 Å². The van der Waals surface area contributed by atoms with Gasteiger partial charge in [-0.25, -0.2) is 12.8 Å². The molecule has 21 heavy (non-hydrogen) atoms. The lowest BCUT2D eigenvalue weighted by molar-refractivity contribution is -0.119. The lowest BCUT2D eigenvalue weighted by Crippen LogP contribution is -2.55. The maximum absolute atomic E-state index is 13.1. The standard InChI is InChI=1S/C14H19FN2O3S/c1-10-9-11(15)3-4-12(10)17-13(18)14(21(2,19)20)5-7-16-8-6-14/h3-4,9,16H,5-8H2,1-2H3,(H,17,18). The summed E-state index contributed by atoms with van der Waals surface area (Å²) in [5, 5.41) is 5.70. The Bertz CT molecular complexity index is 652. The highest BCUT2D eigenvalue weighted by Crippen LogP contribution is 2.30. The van der Waals surface area contributed by atoms with Gasteiger partial charge in [0.2, 0.25) is 5.91 Å². The van der Waals surface area contributed by atoms with Crippen molar-refractivity contribution in [3.05, 3.63) is 29.6 Å². The number of rotatable bonds is 3. The first-order valence-electron chi connectivity index (χ1n) is 6.74. The van der Waals surface area contributed by atoms with E-state index in [4.69, 9.17) is 0 Å². The molecule has 7 heteroatoms. The Balaban J connectivity index is 2.31. The number of carbonyl (C=O) groups excluding carboxylic acids is 1. The monoisotopic (exact) mass is 314 g/mol. The highest BCUT2D eigenvalue weighted by molar-refractivity contribution is 7.92. The molecule has 1 aromatic carbocycles. The molecular weight excluding hydrogens is 295 g/mol. The third-order valence-electron chi connectivity index (χ3n) is 3.97. The van der Waals surface area contributed by atoms with Crippen LogP contribution >= 0.6 is 0 Å². The Labute approximate surface area is 123 Å². The number of carbonyl (C=O) groups is 1. The molecule has 2 rings (SSSR count). The second-order valence-corrected chi connectivity index (χ2v) is 7.76. The van der Waals surface area contributed by atoms with Crippen LogP contribution in [0.2, 0.25) is 0 Å².